The van der Waals surface area contributed by atoms with Crippen LogP contribution in [-0.4, -0.2) is 55.6 Å². The average molecular weight is 455 g/mol. The first-order chi connectivity index (χ1) is 16.0. The van der Waals surface area contributed by atoms with E-state index in [0.29, 0.717) is 17.9 Å². The van der Waals surface area contributed by atoms with E-state index in [0.717, 1.165) is 11.1 Å². The van der Waals surface area contributed by atoms with Crippen LogP contribution in [0.5, 0.6) is 5.75 Å². The fraction of sp³-hybridized carbons (Fsp3) is 0.440. The highest BCUT2D eigenvalue weighted by Crippen LogP contribution is 2.47. The maximum Gasteiger partial charge on any atom is 0.250 e. The van der Waals surface area contributed by atoms with Crippen molar-refractivity contribution in [3.05, 3.63) is 59.7 Å². The van der Waals surface area contributed by atoms with Gasteiger partial charge in [-0.05, 0) is 37.1 Å². The van der Waals surface area contributed by atoms with E-state index >= 15 is 0 Å². The maximum absolute atomic E-state index is 12.7. The van der Waals surface area contributed by atoms with Gasteiger partial charge in [0.2, 0.25) is 11.8 Å². The normalized spacial score (nSPS) is 24.2. The molecule has 176 valence electrons. The smallest absolute Gasteiger partial charge is 0.250 e. The van der Waals surface area contributed by atoms with Gasteiger partial charge in [-0.3, -0.25) is 9.59 Å². The summed E-state index contributed by atoms with van der Waals surface area (Å²) in [5.41, 5.74) is 2.63. The van der Waals surface area contributed by atoms with Crippen LogP contribution < -0.4 is 15.4 Å². The summed E-state index contributed by atoms with van der Waals surface area (Å²) in [4.78, 5) is 24.6. The van der Waals surface area contributed by atoms with E-state index in [1.807, 2.05) is 49.4 Å². The number of anilines is 1. The van der Waals surface area contributed by atoms with Gasteiger partial charge in [-0.1, -0.05) is 30.3 Å². The van der Waals surface area contributed by atoms with Crippen molar-refractivity contribution in [3.63, 3.8) is 0 Å². The lowest BCUT2D eigenvalue weighted by molar-refractivity contribution is -0.142. The molecule has 2 aliphatic heterocycles. The van der Waals surface area contributed by atoms with Crippen LogP contribution in [0.3, 0.4) is 0 Å². The van der Waals surface area contributed by atoms with Gasteiger partial charge >= 0.3 is 0 Å². The van der Waals surface area contributed by atoms with Crippen molar-refractivity contribution in [2.45, 2.75) is 50.0 Å². The SMILES string of the molecule is COCC(=O)Nc1ccc2c(c1)[C@@H]1C[C@@H](CC(=O)N[C@@H](C)c3ccccc3)O[C@@H](CO)[C@@H]1O2. The Balaban J connectivity index is 1.44. The number of fused-ring (bicyclic) bond motifs is 3. The third kappa shape index (κ3) is 5.35. The third-order valence-corrected chi connectivity index (χ3v) is 6.15. The van der Waals surface area contributed by atoms with Crippen molar-refractivity contribution in [1.82, 2.24) is 5.32 Å². The van der Waals surface area contributed by atoms with Gasteiger partial charge in [0, 0.05) is 24.3 Å². The van der Waals surface area contributed by atoms with Crippen molar-refractivity contribution in [3.8, 4) is 5.75 Å². The number of carbonyl (C=O) groups is 2. The second-order valence-corrected chi connectivity index (χ2v) is 8.54. The summed E-state index contributed by atoms with van der Waals surface area (Å²) >= 11 is 0. The van der Waals surface area contributed by atoms with Gasteiger partial charge in [0.15, 0.2) is 0 Å². The molecule has 5 atom stereocenters. The number of nitrogens with one attached hydrogen (secondary N) is 2. The van der Waals surface area contributed by atoms with Crippen LogP contribution in [0.4, 0.5) is 5.69 Å². The molecular formula is C25H30N2O6. The second-order valence-electron chi connectivity index (χ2n) is 8.54. The summed E-state index contributed by atoms with van der Waals surface area (Å²) < 4.78 is 17.0. The first-order valence-corrected chi connectivity index (χ1v) is 11.2. The van der Waals surface area contributed by atoms with Crippen LogP contribution in [0, 0.1) is 0 Å². The predicted molar refractivity (Wildman–Crippen MR) is 122 cm³/mol. The molecule has 0 aliphatic carbocycles. The zero-order valence-corrected chi connectivity index (χ0v) is 18.8. The minimum Gasteiger partial charge on any atom is -0.487 e. The van der Waals surface area contributed by atoms with Crippen molar-refractivity contribution < 1.29 is 28.9 Å². The molecular weight excluding hydrogens is 424 g/mol. The Kier molecular flexibility index (Phi) is 7.27. The Morgan fingerprint density at radius 3 is 2.70 bits per heavy atom. The monoisotopic (exact) mass is 454 g/mol. The highest BCUT2D eigenvalue weighted by Gasteiger charge is 2.46. The Hall–Kier alpha value is -2.94. The molecule has 2 amide bonds. The Morgan fingerprint density at radius 1 is 1.18 bits per heavy atom. The van der Waals surface area contributed by atoms with Gasteiger partial charge < -0.3 is 30.0 Å². The zero-order valence-electron chi connectivity index (χ0n) is 18.8. The number of hydrogen-bond donors (Lipinski definition) is 3. The van der Waals surface area contributed by atoms with E-state index < -0.39 is 6.10 Å². The predicted octanol–water partition coefficient (Wildman–Crippen LogP) is 2.53. The van der Waals surface area contributed by atoms with Crippen molar-refractivity contribution >= 4 is 17.5 Å². The van der Waals surface area contributed by atoms with Gasteiger partial charge in [-0.2, -0.15) is 0 Å². The molecule has 0 radical (unpaired) electrons. The molecule has 4 rings (SSSR count). The fourth-order valence-corrected chi connectivity index (χ4v) is 4.63. The molecule has 0 unspecified atom stereocenters. The molecule has 2 heterocycles. The van der Waals surface area contributed by atoms with E-state index in [9.17, 15) is 14.7 Å². The van der Waals surface area contributed by atoms with E-state index in [1.54, 1.807) is 6.07 Å². The maximum atomic E-state index is 12.7. The van der Waals surface area contributed by atoms with E-state index in [1.165, 1.54) is 7.11 Å². The quantitative estimate of drug-likeness (QED) is 0.566. The summed E-state index contributed by atoms with van der Waals surface area (Å²) in [5, 5.41) is 15.8. The van der Waals surface area contributed by atoms with Crippen molar-refractivity contribution in [2.75, 3.05) is 25.6 Å². The summed E-state index contributed by atoms with van der Waals surface area (Å²) in [7, 11) is 1.47. The van der Waals surface area contributed by atoms with Crippen LogP contribution in [0.15, 0.2) is 48.5 Å². The molecule has 0 aromatic heterocycles. The number of aliphatic hydroxyl groups is 1. The number of carbonyl (C=O) groups excluding carboxylic acids is 2. The first-order valence-electron chi connectivity index (χ1n) is 11.2. The average Bonchev–Trinajstić information content (AvgIpc) is 3.17. The van der Waals surface area contributed by atoms with E-state index in [2.05, 4.69) is 10.6 Å². The molecule has 3 N–H and O–H groups in total. The summed E-state index contributed by atoms with van der Waals surface area (Å²) in [5.74, 6) is 0.315. The van der Waals surface area contributed by atoms with Gasteiger partial charge in [0.25, 0.3) is 0 Å². The lowest BCUT2D eigenvalue weighted by atomic mass is 9.84. The molecule has 1 saturated heterocycles. The summed E-state index contributed by atoms with van der Waals surface area (Å²) in [6.07, 6.45) is -0.454. The van der Waals surface area contributed by atoms with Crippen molar-refractivity contribution in [2.24, 2.45) is 0 Å². The molecule has 0 bridgehead atoms. The minimum atomic E-state index is -0.535. The molecule has 8 nitrogen and oxygen atoms in total. The number of rotatable bonds is 8. The number of amides is 2. The van der Waals surface area contributed by atoms with Gasteiger partial charge in [0.05, 0.1) is 25.2 Å². The standard InChI is InChI=1S/C25H30N2O6/c1-15(16-6-4-3-5-7-16)26-23(29)12-18-11-20-19-10-17(27-24(30)14-31-2)8-9-21(19)33-25(20)22(13-28)32-18/h3-10,15,18,20,22,25,28H,11-14H2,1-2H3,(H,26,29)(H,27,30)/t15-,18-,20-,22-,25+/m0/s1. The molecule has 2 aromatic carbocycles. The topological polar surface area (TPSA) is 106 Å². The second kappa shape index (κ2) is 10.3. The molecule has 1 fully saturated rings. The van der Waals surface area contributed by atoms with Crippen LogP contribution in [-0.2, 0) is 19.1 Å². The minimum absolute atomic E-state index is 0.0291. The molecule has 0 saturated carbocycles. The van der Waals surface area contributed by atoms with Crippen LogP contribution in [0.1, 0.15) is 42.9 Å². The zero-order chi connectivity index (χ0) is 23.4. The molecule has 33 heavy (non-hydrogen) atoms. The number of benzene rings is 2. The molecule has 0 spiro atoms. The van der Waals surface area contributed by atoms with Crippen LogP contribution in [0.25, 0.3) is 0 Å². The van der Waals surface area contributed by atoms with Crippen molar-refractivity contribution in [1.29, 1.82) is 0 Å². The lowest BCUT2D eigenvalue weighted by Crippen LogP contribution is -2.47. The highest BCUT2D eigenvalue weighted by molar-refractivity contribution is 5.92. The largest absolute Gasteiger partial charge is 0.487 e. The van der Waals surface area contributed by atoms with E-state index in [-0.39, 0.29) is 55.6 Å². The number of ether oxygens (including phenoxy) is 3. The first kappa shape index (κ1) is 23.2. The number of methoxy groups -OCH3 is 1. The summed E-state index contributed by atoms with van der Waals surface area (Å²) in [6, 6.07) is 15.1. The Bertz CT molecular complexity index is 982. The van der Waals surface area contributed by atoms with Gasteiger partial charge in [-0.15, -0.1) is 0 Å². The lowest BCUT2D eigenvalue weighted by Gasteiger charge is -2.37. The van der Waals surface area contributed by atoms with Gasteiger partial charge in [0.1, 0.15) is 24.6 Å². The highest BCUT2D eigenvalue weighted by atomic mass is 16.6. The van der Waals surface area contributed by atoms with Crippen LogP contribution >= 0.6 is 0 Å². The Morgan fingerprint density at radius 2 is 1.97 bits per heavy atom. The molecule has 2 aliphatic rings. The Labute approximate surface area is 193 Å². The van der Waals surface area contributed by atoms with Crippen LogP contribution in [0.2, 0.25) is 0 Å². The van der Waals surface area contributed by atoms with Gasteiger partial charge in [-0.25, -0.2) is 0 Å². The number of hydrogen-bond acceptors (Lipinski definition) is 6. The third-order valence-electron chi connectivity index (χ3n) is 6.15. The number of aliphatic hydroxyl groups excluding tert-OH is 1. The van der Waals surface area contributed by atoms with E-state index in [4.69, 9.17) is 14.2 Å². The fourth-order valence-electron chi connectivity index (χ4n) is 4.63. The molecule has 2 aromatic rings. The molecule has 8 heteroatoms. The summed E-state index contributed by atoms with van der Waals surface area (Å²) in [6.45, 7) is 1.71.